The summed E-state index contributed by atoms with van der Waals surface area (Å²) in [6, 6.07) is 0. The SMILES string of the molecule is C[C-]1CCCCC2(CC[CH-]CN2C)C1.[Rb+].[Rf]. The van der Waals surface area contributed by atoms with Gasteiger partial charge < -0.3 is 17.2 Å². The summed E-state index contributed by atoms with van der Waals surface area (Å²) in [7, 11) is 2.31. The van der Waals surface area contributed by atoms with Crippen molar-refractivity contribution in [3.05, 3.63) is 12.3 Å². The summed E-state index contributed by atoms with van der Waals surface area (Å²) in [6.07, 6.45) is 12.2. The minimum absolute atomic E-state index is 0. The zero-order valence-electron chi connectivity index (χ0n) is 11.4. The second-order valence-corrected chi connectivity index (χ2v) is 5.27. The van der Waals surface area contributed by atoms with Crippen molar-refractivity contribution in [2.45, 2.75) is 57.4 Å². The van der Waals surface area contributed by atoms with Gasteiger partial charge in [0.05, 0.1) is 0 Å². The molecule has 0 aromatic rings. The molecule has 2 aliphatic rings. The van der Waals surface area contributed by atoms with Crippen LogP contribution in [0.2, 0.25) is 0 Å². The first-order valence-electron chi connectivity index (χ1n) is 6.07. The van der Waals surface area contributed by atoms with Gasteiger partial charge in [-0.15, -0.1) is 6.54 Å². The van der Waals surface area contributed by atoms with Crippen LogP contribution in [0.5, 0.6) is 0 Å². The average Bonchev–Trinajstić information content (AvgIpc) is 2.34. The van der Waals surface area contributed by atoms with E-state index in [1.165, 1.54) is 51.5 Å². The predicted molar refractivity (Wildman–Crippen MR) is 60.9 cm³/mol. The second kappa shape index (κ2) is 7.26. The van der Waals surface area contributed by atoms with Crippen LogP contribution in [0.25, 0.3) is 0 Å². The minimum Gasteiger partial charge on any atom is -0.333 e. The molecule has 0 aromatic carbocycles. The van der Waals surface area contributed by atoms with E-state index < -0.39 is 0 Å². The number of piperidine rings is 1. The summed E-state index contributed by atoms with van der Waals surface area (Å²) in [5.74, 6) is 1.73. The Kier molecular flexibility index (Phi) is 7.60. The van der Waals surface area contributed by atoms with E-state index in [-0.39, 0.29) is 58.2 Å². The number of likely N-dealkylation sites (tertiary alicyclic amines) is 1. The first-order chi connectivity index (χ1) is 6.73. The third kappa shape index (κ3) is 3.63. The monoisotopic (exact) mass is 545 g/mol. The Labute approximate surface area is 144 Å². The molecular formula is C13H23NRbRf-. The van der Waals surface area contributed by atoms with E-state index >= 15 is 0 Å². The van der Waals surface area contributed by atoms with Crippen LogP contribution in [0, 0.1) is 12.3 Å². The molecule has 1 spiro atoms. The van der Waals surface area contributed by atoms with Crippen molar-refractivity contribution in [1.82, 2.24) is 4.90 Å². The third-order valence-corrected chi connectivity index (χ3v) is 4.15. The molecule has 0 bridgehead atoms. The van der Waals surface area contributed by atoms with Crippen LogP contribution in [-0.2, 0) is 0 Å². The number of nitrogens with zero attached hydrogens (tertiary/aromatic N) is 1. The van der Waals surface area contributed by atoms with E-state index in [4.69, 9.17) is 0 Å². The maximum absolute atomic E-state index is 2.60. The number of rotatable bonds is 0. The average molecular weight is 546 g/mol. The molecule has 0 radical (unpaired) electrons. The number of hydrogen-bond acceptors (Lipinski definition) is 1. The van der Waals surface area contributed by atoms with Gasteiger partial charge in [-0.25, -0.2) is 0 Å². The second-order valence-electron chi connectivity index (χ2n) is 5.27. The van der Waals surface area contributed by atoms with E-state index in [9.17, 15) is 0 Å². The maximum atomic E-state index is 2.60. The largest absolute Gasteiger partial charge is 1.00 e. The summed E-state index contributed by atoms with van der Waals surface area (Å²) < 4.78 is 0. The molecule has 0 amide bonds. The van der Waals surface area contributed by atoms with Crippen molar-refractivity contribution in [3.63, 3.8) is 0 Å². The van der Waals surface area contributed by atoms with E-state index in [1.54, 1.807) is 5.92 Å². The molecule has 1 atom stereocenters. The Morgan fingerprint density at radius 2 is 2.00 bits per heavy atom. The van der Waals surface area contributed by atoms with Gasteiger partial charge in [0.1, 0.15) is 0 Å². The van der Waals surface area contributed by atoms with Crippen molar-refractivity contribution < 1.29 is 58.2 Å². The first-order valence-corrected chi connectivity index (χ1v) is 6.07. The minimum atomic E-state index is 0. The van der Waals surface area contributed by atoms with Crippen molar-refractivity contribution in [3.8, 4) is 0 Å². The van der Waals surface area contributed by atoms with E-state index in [0.29, 0.717) is 5.54 Å². The molecule has 0 N–H and O–H groups in total. The molecule has 3 heteroatoms. The molecule has 84 valence electrons. The zero-order chi connectivity index (χ0) is 10.0. The van der Waals surface area contributed by atoms with Crippen molar-refractivity contribution in [2.75, 3.05) is 13.6 Å². The van der Waals surface area contributed by atoms with Crippen LogP contribution < -0.4 is 58.2 Å². The van der Waals surface area contributed by atoms with Crippen molar-refractivity contribution >= 4 is 0 Å². The van der Waals surface area contributed by atoms with E-state index in [2.05, 4.69) is 25.3 Å². The summed E-state index contributed by atoms with van der Waals surface area (Å²) in [6.45, 7) is 3.56. The van der Waals surface area contributed by atoms with Crippen LogP contribution in [-0.4, -0.2) is 24.0 Å². The van der Waals surface area contributed by atoms with E-state index in [1.807, 2.05) is 0 Å². The molecule has 0 aromatic heterocycles. The van der Waals surface area contributed by atoms with Crippen LogP contribution in [0.3, 0.4) is 0 Å². The molecular weight excluding hydrogens is 523 g/mol. The predicted octanol–water partition coefficient (Wildman–Crippen LogP) is 0.218. The van der Waals surface area contributed by atoms with Gasteiger partial charge in [-0.1, -0.05) is 19.3 Å². The fourth-order valence-electron chi connectivity index (χ4n) is 3.20. The zero-order valence-corrected chi connectivity index (χ0v) is 22.7. The smallest absolute Gasteiger partial charge is 0.333 e. The van der Waals surface area contributed by atoms with Crippen molar-refractivity contribution in [2.24, 2.45) is 0 Å². The molecule has 1 unspecified atom stereocenters. The summed E-state index contributed by atoms with van der Waals surface area (Å²) in [5, 5.41) is 0. The quantitative estimate of drug-likeness (QED) is 0.394. The first kappa shape index (κ1) is 16.8. The Bertz CT molecular complexity index is 200. The summed E-state index contributed by atoms with van der Waals surface area (Å²) in [5.41, 5.74) is 0.537. The normalized spacial score (nSPS) is 32.6. The van der Waals surface area contributed by atoms with E-state index in [0.717, 1.165) is 0 Å². The van der Waals surface area contributed by atoms with Gasteiger partial charge in [-0.3, -0.25) is 0 Å². The molecule has 1 saturated carbocycles. The van der Waals surface area contributed by atoms with Crippen LogP contribution in [0.15, 0.2) is 0 Å². The molecule has 2 rings (SSSR count). The standard InChI is InChI=1S/C13H23N.Rb.Rf/c1-12-7-3-4-8-13(11-12)9-5-6-10-14(13)2;;/h6H,3-5,7-11H2,1-2H3;;/q-2;+1;. The van der Waals surface area contributed by atoms with Gasteiger partial charge in [-0.2, -0.15) is 26.2 Å². The molecule has 1 aliphatic carbocycles. The Hall–Kier alpha value is 0.765. The molecule has 1 nitrogen and oxygen atoms in total. The van der Waals surface area contributed by atoms with Crippen LogP contribution >= 0.6 is 0 Å². The van der Waals surface area contributed by atoms with Gasteiger partial charge in [0.2, 0.25) is 0 Å². The molecule has 1 aliphatic heterocycles. The molecule has 16 heavy (non-hydrogen) atoms. The van der Waals surface area contributed by atoms with Gasteiger partial charge >= 0.3 is 58.2 Å². The van der Waals surface area contributed by atoms with Crippen LogP contribution in [0.4, 0.5) is 0 Å². The van der Waals surface area contributed by atoms with Gasteiger partial charge in [0, 0.05) is 0 Å². The van der Waals surface area contributed by atoms with Crippen LogP contribution in [0.1, 0.15) is 51.9 Å². The molecule has 2 fully saturated rings. The van der Waals surface area contributed by atoms with Gasteiger partial charge in [-0.05, 0) is 19.0 Å². The molecule has 1 saturated heterocycles. The Balaban J connectivity index is 0.00000112. The Morgan fingerprint density at radius 1 is 1.25 bits per heavy atom. The van der Waals surface area contributed by atoms with Crippen molar-refractivity contribution in [1.29, 1.82) is 0 Å². The number of hydrogen-bond donors (Lipinski definition) is 0. The fraction of sp³-hybridized carbons (Fsp3) is 0.846. The summed E-state index contributed by atoms with van der Waals surface area (Å²) >= 11 is 0. The Morgan fingerprint density at radius 3 is 2.69 bits per heavy atom. The topological polar surface area (TPSA) is 3.24 Å². The fourth-order valence-corrected chi connectivity index (χ4v) is 3.20. The third-order valence-electron chi connectivity index (χ3n) is 4.15. The maximum Gasteiger partial charge on any atom is 1.00 e. The van der Waals surface area contributed by atoms with Gasteiger partial charge in [0.15, 0.2) is 0 Å². The summed E-state index contributed by atoms with van der Waals surface area (Å²) in [4.78, 5) is 2.60. The molecule has 1 heterocycles. The van der Waals surface area contributed by atoms with Gasteiger partial charge in [0.25, 0.3) is 0 Å².